The molecule has 1 aliphatic heterocycles. The molecule has 0 bridgehead atoms. The highest BCUT2D eigenvalue weighted by atomic mass is 16.6. The van der Waals surface area contributed by atoms with Gasteiger partial charge in [-0.25, -0.2) is 0 Å². The van der Waals surface area contributed by atoms with Crippen molar-refractivity contribution in [2.24, 2.45) is 17.8 Å². The zero-order chi connectivity index (χ0) is 15.3. The maximum atomic E-state index is 12.5. The van der Waals surface area contributed by atoms with Crippen molar-refractivity contribution in [3.63, 3.8) is 0 Å². The minimum atomic E-state index is -0.399. The Morgan fingerprint density at radius 3 is 2.55 bits per heavy atom. The Kier molecular flexibility index (Phi) is 3.10. The van der Waals surface area contributed by atoms with Gasteiger partial charge in [0.05, 0.1) is 5.54 Å². The summed E-state index contributed by atoms with van der Waals surface area (Å²) < 4.78 is 11.2. The molecule has 1 amide bonds. The lowest BCUT2D eigenvalue weighted by atomic mass is 9.93. The second-order valence-electron chi connectivity index (χ2n) is 7.26. The van der Waals surface area contributed by atoms with E-state index in [9.17, 15) is 4.79 Å². The summed E-state index contributed by atoms with van der Waals surface area (Å²) >= 11 is 0. The molecule has 0 radical (unpaired) electrons. The van der Waals surface area contributed by atoms with Crippen LogP contribution < -0.4 is 14.8 Å². The van der Waals surface area contributed by atoms with Crippen molar-refractivity contribution in [2.75, 3.05) is 13.2 Å². The molecule has 1 N–H and O–H groups in total. The van der Waals surface area contributed by atoms with Crippen LogP contribution in [0.1, 0.15) is 38.7 Å². The van der Waals surface area contributed by atoms with Gasteiger partial charge in [-0.1, -0.05) is 12.5 Å². The second-order valence-corrected chi connectivity index (χ2v) is 7.26. The van der Waals surface area contributed by atoms with E-state index in [4.69, 9.17) is 9.47 Å². The van der Waals surface area contributed by atoms with E-state index in [1.165, 1.54) is 19.3 Å². The molecule has 0 spiro atoms. The molecule has 2 saturated carbocycles. The summed E-state index contributed by atoms with van der Waals surface area (Å²) in [5.74, 6) is 3.33. The Morgan fingerprint density at radius 2 is 1.82 bits per heavy atom. The molecule has 1 unspecified atom stereocenters. The van der Waals surface area contributed by atoms with Crippen LogP contribution in [-0.4, -0.2) is 19.1 Å². The molecule has 22 heavy (non-hydrogen) atoms. The van der Waals surface area contributed by atoms with E-state index in [-0.39, 0.29) is 11.8 Å². The SMILES string of the molecule is CC(C)(NC(=O)C1[C@H]2CCC[C@@H]12)c1ccc2c(c1)OCCO2. The van der Waals surface area contributed by atoms with Gasteiger partial charge in [-0.3, -0.25) is 4.79 Å². The fourth-order valence-electron chi connectivity index (χ4n) is 4.11. The quantitative estimate of drug-likeness (QED) is 0.934. The highest BCUT2D eigenvalue weighted by Gasteiger charge is 2.56. The van der Waals surface area contributed by atoms with E-state index in [1.54, 1.807) is 0 Å². The van der Waals surface area contributed by atoms with Gasteiger partial charge in [0.25, 0.3) is 0 Å². The van der Waals surface area contributed by atoms with Crippen LogP contribution in [0.3, 0.4) is 0 Å². The predicted molar refractivity (Wildman–Crippen MR) is 82.9 cm³/mol. The van der Waals surface area contributed by atoms with E-state index < -0.39 is 5.54 Å². The normalized spacial score (nSPS) is 28.9. The Morgan fingerprint density at radius 1 is 1.14 bits per heavy atom. The number of fused-ring (bicyclic) bond motifs is 2. The van der Waals surface area contributed by atoms with E-state index >= 15 is 0 Å². The average Bonchev–Trinajstić information content (AvgIpc) is 3.00. The van der Waals surface area contributed by atoms with Gasteiger partial charge in [-0.05, 0) is 56.2 Å². The van der Waals surface area contributed by atoms with E-state index in [0.29, 0.717) is 25.0 Å². The molecule has 4 rings (SSSR count). The molecule has 1 aromatic rings. The molecule has 2 aliphatic carbocycles. The van der Waals surface area contributed by atoms with Crippen LogP contribution in [-0.2, 0) is 10.3 Å². The van der Waals surface area contributed by atoms with Gasteiger partial charge in [-0.15, -0.1) is 0 Å². The predicted octanol–water partition coefficient (Wildman–Crippen LogP) is 2.86. The number of hydrogen-bond acceptors (Lipinski definition) is 3. The lowest BCUT2D eigenvalue weighted by Crippen LogP contribution is -2.42. The number of ether oxygens (including phenoxy) is 2. The number of nitrogens with one attached hydrogen (secondary N) is 1. The third-order valence-electron chi connectivity index (χ3n) is 5.41. The van der Waals surface area contributed by atoms with Crippen molar-refractivity contribution in [2.45, 2.75) is 38.6 Å². The fourth-order valence-corrected chi connectivity index (χ4v) is 4.11. The molecular weight excluding hydrogens is 278 g/mol. The molecular formula is C18H23NO3. The monoisotopic (exact) mass is 301 g/mol. The summed E-state index contributed by atoms with van der Waals surface area (Å²) in [6, 6.07) is 5.94. The maximum Gasteiger partial charge on any atom is 0.224 e. The summed E-state index contributed by atoms with van der Waals surface area (Å²) in [5.41, 5.74) is 0.653. The number of rotatable bonds is 3. The Labute approximate surface area is 131 Å². The number of hydrogen-bond donors (Lipinski definition) is 1. The third-order valence-corrected chi connectivity index (χ3v) is 5.41. The Hall–Kier alpha value is -1.71. The molecule has 0 aromatic heterocycles. The summed E-state index contributed by atoms with van der Waals surface area (Å²) in [5, 5.41) is 3.23. The topological polar surface area (TPSA) is 47.6 Å². The van der Waals surface area contributed by atoms with Gasteiger partial charge in [-0.2, -0.15) is 0 Å². The van der Waals surface area contributed by atoms with Crippen LogP contribution in [0.15, 0.2) is 18.2 Å². The van der Waals surface area contributed by atoms with E-state index in [0.717, 1.165) is 17.1 Å². The van der Waals surface area contributed by atoms with Crippen LogP contribution in [0.4, 0.5) is 0 Å². The first-order chi connectivity index (χ1) is 10.6. The molecule has 4 heteroatoms. The van der Waals surface area contributed by atoms with Crippen LogP contribution in [0.2, 0.25) is 0 Å². The number of benzene rings is 1. The first-order valence-electron chi connectivity index (χ1n) is 8.28. The van der Waals surface area contributed by atoms with Crippen LogP contribution in [0.5, 0.6) is 11.5 Å². The molecule has 3 atom stereocenters. The number of amides is 1. The highest BCUT2D eigenvalue weighted by Crippen LogP contribution is 2.57. The summed E-state index contributed by atoms with van der Waals surface area (Å²) in [6.07, 6.45) is 3.76. The maximum absolute atomic E-state index is 12.5. The van der Waals surface area contributed by atoms with Crippen LogP contribution in [0.25, 0.3) is 0 Å². The van der Waals surface area contributed by atoms with Gasteiger partial charge in [0.1, 0.15) is 13.2 Å². The summed E-state index contributed by atoms with van der Waals surface area (Å²) in [4.78, 5) is 12.5. The van der Waals surface area contributed by atoms with Gasteiger partial charge in [0.15, 0.2) is 11.5 Å². The molecule has 1 heterocycles. The second kappa shape index (κ2) is 4.90. The van der Waals surface area contributed by atoms with Crippen LogP contribution in [0, 0.1) is 17.8 Å². The molecule has 2 fully saturated rings. The zero-order valence-electron chi connectivity index (χ0n) is 13.2. The third kappa shape index (κ3) is 2.25. The lowest BCUT2D eigenvalue weighted by molar-refractivity contribution is -0.124. The molecule has 4 nitrogen and oxygen atoms in total. The Bertz CT molecular complexity index is 600. The van der Waals surface area contributed by atoms with Crippen molar-refractivity contribution in [1.82, 2.24) is 5.32 Å². The van der Waals surface area contributed by atoms with Gasteiger partial charge in [0, 0.05) is 5.92 Å². The zero-order valence-corrected chi connectivity index (χ0v) is 13.2. The van der Waals surface area contributed by atoms with Gasteiger partial charge in [0.2, 0.25) is 5.91 Å². The average molecular weight is 301 g/mol. The minimum Gasteiger partial charge on any atom is -0.486 e. The smallest absolute Gasteiger partial charge is 0.224 e. The first-order valence-corrected chi connectivity index (χ1v) is 8.28. The van der Waals surface area contributed by atoms with Crippen LogP contribution >= 0.6 is 0 Å². The molecule has 0 saturated heterocycles. The lowest BCUT2D eigenvalue weighted by Gasteiger charge is -2.29. The van der Waals surface area contributed by atoms with E-state index in [2.05, 4.69) is 19.2 Å². The van der Waals surface area contributed by atoms with Crippen molar-refractivity contribution in [3.05, 3.63) is 23.8 Å². The van der Waals surface area contributed by atoms with Gasteiger partial charge >= 0.3 is 0 Å². The molecule has 3 aliphatic rings. The van der Waals surface area contributed by atoms with Crippen molar-refractivity contribution in [3.8, 4) is 11.5 Å². The summed E-state index contributed by atoms with van der Waals surface area (Å²) in [7, 11) is 0. The van der Waals surface area contributed by atoms with Crippen molar-refractivity contribution < 1.29 is 14.3 Å². The number of carbonyl (C=O) groups is 1. The Balaban J connectivity index is 1.49. The standard InChI is InChI=1S/C18H23NO3/c1-18(2,19-17(20)16-12-4-3-5-13(12)16)11-6-7-14-15(10-11)22-9-8-21-14/h6-7,10,12-13,16H,3-5,8-9H2,1-2H3,(H,19,20)/t12-,13+,16?. The molecule has 1 aromatic carbocycles. The van der Waals surface area contributed by atoms with Gasteiger partial charge < -0.3 is 14.8 Å². The summed E-state index contributed by atoms with van der Waals surface area (Å²) in [6.45, 7) is 5.27. The fraction of sp³-hybridized carbons (Fsp3) is 0.611. The molecule has 118 valence electrons. The van der Waals surface area contributed by atoms with Crippen molar-refractivity contribution >= 4 is 5.91 Å². The largest absolute Gasteiger partial charge is 0.486 e. The number of carbonyl (C=O) groups excluding carboxylic acids is 1. The first kappa shape index (κ1) is 13.9. The van der Waals surface area contributed by atoms with E-state index in [1.807, 2.05) is 18.2 Å². The minimum absolute atomic E-state index is 0.217. The van der Waals surface area contributed by atoms with Crippen molar-refractivity contribution in [1.29, 1.82) is 0 Å². The highest BCUT2D eigenvalue weighted by molar-refractivity contribution is 5.83.